The van der Waals surface area contributed by atoms with Crippen LogP contribution in [0.15, 0.2) is 48.8 Å². The van der Waals surface area contributed by atoms with Gasteiger partial charge in [-0.1, -0.05) is 0 Å². The second-order valence-corrected chi connectivity index (χ2v) is 2.97. The van der Waals surface area contributed by atoms with E-state index in [4.69, 9.17) is 0 Å². The lowest BCUT2D eigenvalue weighted by molar-refractivity contribution is -0.663. The highest BCUT2D eigenvalue weighted by Crippen LogP contribution is 2.06. The zero-order valence-electron chi connectivity index (χ0n) is 7.57. The van der Waals surface area contributed by atoms with Crippen LogP contribution in [0.5, 0.6) is 0 Å². The van der Waals surface area contributed by atoms with Crippen molar-refractivity contribution in [1.82, 2.24) is 0 Å². The number of hydrogen-bond donors (Lipinski definition) is 0. The number of H-pyrrole nitrogens is 1. The molecule has 2 heteroatoms. The molecule has 0 bridgehead atoms. The summed E-state index contributed by atoms with van der Waals surface area (Å²) in [6, 6.07) is 12.2. The molecule has 0 saturated carbocycles. The molecule has 0 saturated heterocycles. The van der Waals surface area contributed by atoms with E-state index >= 15 is 0 Å². The molecule has 0 fully saturated rings. The second-order valence-electron chi connectivity index (χ2n) is 2.97. The van der Waals surface area contributed by atoms with Gasteiger partial charge in [-0.15, -0.1) is 0 Å². The average Bonchev–Trinajstić information content (AvgIpc) is 2.20. The van der Waals surface area contributed by atoms with Crippen molar-refractivity contribution in [2.24, 2.45) is 7.05 Å². The summed E-state index contributed by atoms with van der Waals surface area (Å²) in [5.41, 5.74) is 2.31. The molecular weight excluding hydrogens is 160 g/mol. The van der Waals surface area contributed by atoms with Crippen molar-refractivity contribution in [1.29, 1.82) is 0 Å². The first-order valence-electron chi connectivity index (χ1n) is 4.30. The minimum absolute atomic E-state index is 1.13. The van der Waals surface area contributed by atoms with Gasteiger partial charge in [0.15, 0.2) is 12.4 Å². The van der Waals surface area contributed by atoms with Crippen molar-refractivity contribution in [3.63, 3.8) is 0 Å². The van der Waals surface area contributed by atoms with Crippen LogP contribution in [0, 0.1) is 0 Å². The summed E-state index contributed by atoms with van der Waals surface area (Å²) in [5, 5.41) is 0. The van der Waals surface area contributed by atoms with E-state index in [1.54, 1.807) is 0 Å². The van der Waals surface area contributed by atoms with E-state index in [2.05, 4.69) is 21.7 Å². The maximum atomic E-state index is 3.20. The summed E-state index contributed by atoms with van der Waals surface area (Å²) in [6.07, 6.45) is 3.97. The third kappa shape index (κ3) is 1.56. The predicted molar refractivity (Wildman–Crippen MR) is 49.6 cm³/mol. The van der Waals surface area contributed by atoms with Crippen LogP contribution >= 0.6 is 0 Å². The van der Waals surface area contributed by atoms with Crippen LogP contribution in [-0.4, -0.2) is 0 Å². The fourth-order valence-corrected chi connectivity index (χ4v) is 1.36. The fraction of sp³-hybridized carbons (Fsp3) is 0.0909. The third-order valence-corrected chi connectivity index (χ3v) is 2.04. The number of aromatic nitrogens is 2. The molecule has 0 aliphatic heterocycles. The first-order chi connectivity index (χ1) is 6.38. The summed E-state index contributed by atoms with van der Waals surface area (Å²) in [6.45, 7) is 0. The molecule has 2 nitrogen and oxygen atoms in total. The van der Waals surface area contributed by atoms with Crippen molar-refractivity contribution in [2.75, 3.05) is 0 Å². The highest BCUT2D eigenvalue weighted by molar-refractivity contribution is 5.45. The van der Waals surface area contributed by atoms with E-state index in [9.17, 15) is 0 Å². The Morgan fingerprint density at radius 3 is 2.62 bits per heavy atom. The van der Waals surface area contributed by atoms with E-state index < -0.39 is 0 Å². The van der Waals surface area contributed by atoms with Crippen molar-refractivity contribution >= 4 is 0 Å². The molecule has 2 rings (SSSR count). The Balaban J connectivity index is 2.54. The highest BCUT2D eigenvalue weighted by atomic mass is 14.9. The molecule has 0 atom stereocenters. The molecule has 13 heavy (non-hydrogen) atoms. The summed E-state index contributed by atoms with van der Waals surface area (Å²) in [5.74, 6) is 0. The van der Waals surface area contributed by atoms with E-state index in [-0.39, 0.29) is 0 Å². The molecular formula is C11H12N2+2. The average molecular weight is 172 g/mol. The Labute approximate surface area is 77.5 Å². The minimum atomic E-state index is 1.13. The van der Waals surface area contributed by atoms with Crippen LogP contribution in [0.1, 0.15) is 0 Å². The maximum absolute atomic E-state index is 3.20. The van der Waals surface area contributed by atoms with Gasteiger partial charge in [0.25, 0.3) is 11.4 Å². The van der Waals surface area contributed by atoms with Gasteiger partial charge in [-0.3, -0.25) is 0 Å². The Morgan fingerprint density at radius 1 is 1.08 bits per heavy atom. The fourth-order valence-electron chi connectivity index (χ4n) is 1.36. The molecule has 0 amide bonds. The second kappa shape index (κ2) is 3.35. The molecule has 0 aromatic carbocycles. The Morgan fingerprint density at radius 2 is 1.92 bits per heavy atom. The summed E-state index contributed by atoms with van der Waals surface area (Å²) in [7, 11) is 2.04. The number of pyridine rings is 2. The van der Waals surface area contributed by atoms with Crippen molar-refractivity contribution in [3.8, 4) is 11.4 Å². The molecule has 2 aromatic heterocycles. The summed E-state index contributed by atoms with van der Waals surface area (Å²) >= 11 is 0. The number of nitrogens with zero attached hydrogens (tertiary/aromatic N) is 1. The van der Waals surface area contributed by atoms with Gasteiger partial charge in [0.2, 0.25) is 0 Å². The molecule has 2 heterocycles. The molecule has 0 unspecified atom stereocenters. The van der Waals surface area contributed by atoms with Gasteiger partial charge in [-0.25, -0.2) is 4.98 Å². The Bertz CT molecular complexity index is 396. The SMILES string of the molecule is C[n+]1ccccc1-c1cccc[nH+]1. The Hall–Kier alpha value is -1.70. The number of nitrogens with one attached hydrogen (secondary N) is 1. The van der Waals surface area contributed by atoms with Crippen molar-refractivity contribution in [3.05, 3.63) is 48.8 Å². The van der Waals surface area contributed by atoms with Crippen molar-refractivity contribution in [2.45, 2.75) is 0 Å². The summed E-state index contributed by atoms with van der Waals surface area (Å²) in [4.78, 5) is 3.20. The zero-order chi connectivity index (χ0) is 9.10. The quantitative estimate of drug-likeness (QED) is 0.571. The summed E-state index contributed by atoms with van der Waals surface area (Å²) < 4.78 is 2.09. The number of hydrogen-bond acceptors (Lipinski definition) is 0. The van der Waals surface area contributed by atoms with Crippen LogP contribution in [0.3, 0.4) is 0 Å². The first kappa shape index (κ1) is 7.92. The molecule has 64 valence electrons. The molecule has 2 aromatic rings. The molecule has 0 radical (unpaired) electrons. The van der Waals surface area contributed by atoms with Gasteiger partial charge < -0.3 is 0 Å². The highest BCUT2D eigenvalue weighted by Gasteiger charge is 2.12. The van der Waals surface area contributed by atoms with Crippen LogP contribution < -0.4 is 9.55 Å². The van der Waals surface area contributed by atoms with E-state index in [0.29, 0.717) is 0 Å². The van der Waals surface area contributed by atoms with Gasteiger partial charge in [-0.2, -0.15) is 4.57 Å². The van der Waals surface area contributed by atoms with Gasteiger partial charge in [0.1, 0.15) is 7.05 Å². The predicted octanol–water partition coefficient (Wildman–Crippen LogP) is 0.992. The lowest BCUT2D eigenvalue weighted by atomic mass is 10.2. The lowest BCUT2D eigenvalue weighted by Crippen LogP contribution is -2.31. The standard InChI is InChI=1S/C11H11N2/c1-13-9-5-3-7-11(13)10-6-2-4-8-12-10/h2-9H,1H3/q+1/p+1. The van der Waals surface area contributed by atoms with Gasteiger partial charge in [0.05, 0.1) is 0 Å². The molecule has 0 aliphatic rings. The topological polar surface area (TPSA) is 18.0 Å². The zero-order valence-corrected chi connectivity index (χ0v) is 7.57. The number of rotatable bonds is 1. The van der Waals surface area contributed by atoms with Crippen LogP contribution in [-0.2, 0) is 7.05 Å². The van der Waals surface area contributed by atoms with Crippen LogP contribution in [0.2, 0.25) is 0 Å². The van der Waals surface area contributed by atoms with Gasteiger partial charge >= 0.3 is 0 Å². The van der Waals surface area contributed by atoms with Gasteiger partial charge in [-0.05, 0) is 12.1 Å². The molecule has 1 N–H and O–H groups in total. The van der Waals surface area contributed by atoms with E-state index in [1.807, 2.05) is 43.7 Å². The molecule has 0 aliphatic carbocycles. The monoisotopic (exact) mass is 172 g/mol. The number of aromatic amines is 1. The largest absolute Gasteiger partial charge is 0.277 e. The van der Waals surface area contributed by atoms with E-state index in [0.717, 1.165) is 5.69 Å². The lowest BCUT2D eigenvalue weighted by Gasteiger charge is -1.92. The minimum Gasteiger partial charge on any atom is -0.206 e. The van der Waals surface area contributed by atoms with Gasteiger partial charge in [0, 0.05) is 24.3 Å². The van der Waals surface area contributed by atoms with Crippen LogP contribution in [0.25, 0.3) is 11.4 Å². The van der Waals surface area contributed by atoms with Crippen LogP contribution in [0.4, 0.5) is 0 Å². The normalized spacial score (nSPS) is 9.92. The van der Waals surface area contributed by atoms with Crippen molar-refractivity contribution < 1.29 is 9.55 Å². The van der Waals surface area contributed by atoms with E-state index in [1.165, 1.54) is 5.69 Å². The Kier molecular flexibility index (Phi) is 2.04. The maximum Gasteiger partial charge on any atom is 0.277 e. The number of aryl methyl sites for hydroxylation is 1. The first-order valence-corrected chi connectivity index (χ1v) is 4.30. The smallest absolute Gasteiger partial charge is 0.206 e. The third-order valence-electron chi connectivity index (χ3n) is 2.04. The molecule has 0 spiro atoms.